The smallest absolute Gasteiger partial charge is 0.316 e. The molecule has 0 saturated carbocycles. The first-order valence-corrected chi connectivity index (χ1v) is 17.0. The Kier molecular flexibility index (Phi) is 16.3. The second-order valence-corrected chi connectivity index (χ2v) is 14.1. The molecule has 2 fully saturated rings. The molecule has 0 aromatic heterocycles. The Hall–Kier alpha value is -1.75. The van der Waals surface area contributed by atoms with Gasteiger partial charge >= 0.3 is 5.97 Å². The van der Waals surface area contributed by atoms with E-state index in [-0.39, 0.29) is 38.4 Å². The third-order valence-corrected chi connectivity index (χ3v) is 10.1. The summed E-state index contributed by atoms with van der Waals surface area (Å²) in [6.45, 7) is 13.9. The molecule has 2 rings (SSSR count). The number of esters is 1. The summed E-state index contributed by atoms with van der Waals surface area (Å²) in [6.07, 6.45) is -5.08. The maximum atomic E-state index is 14.0. The summed E-state index contributed by atoms with van der Waals surface area (Å²) >= 11 is 0. The quantitative estimate of drug-likeness (QED) is 0.0947. The maximum Gasteiger partial charge on any atom is 0.316 e. The number of ether oxygens (including phenoxy) is 6. The molecule has 0 aromatic rings. The third-order valence-electron chi connectivity index (χ3n) is 10.1. The normalized spacial score (nSPS) is 41.7. The molecule has 2 heterocycles. The van der Waals surface area contributed by atoms with Crippen molar-refractivity contribution in [3.8, 4) is 0 Å². The highest BCUT2D eigenvalue weighted by Gasteiger charge is 2.51. The number of hydrogen-bond acceptors (Lipinski definition) is 14. The molecule has 2 aliphatic heterocycles. The van der Waals surface area contributed by atoms with E-state index in [1.807, 2.05) is 32.8 Å². The number of rotatable bonds is 11. The molecular weight excluding hydrogens is 628 g/mol. The number of carbonyl (C=O) groups excluding carboxylic acids is 2. The van der Waals surface area contributed by atoms with Crippen LogP contribution in [0.4, 0.5) is 0 Å². The average molecular weight is 691 g/mol. The summed E-state index contributed by atoms with van der Waals surface area (Å²) in [7, 11) is 6.79. The van der Waals surface area contributed by atoms with Crippen LogP contribution in [-0.2, 0) is 42.8 Å². The molecule has 0 spiro atoms. The first-order chi connectivity index (χ1) is 22.4. The van der Waals surface area contributed by atoms with Gasteiger partial charge in [0.05, 0.1) is 42.8 Å². The van der Waals surface area contributed by atoms with Gasteiger partial charge in [0, 0.05) is 38.0 Å². The summed E-state index contributed by atoms with van der Waals surface area (Å²) in [5.74, 6) is -4.77. The minimum Gasteiger partial charge on any atom is -0.459 e. The van der Waals surface area contributed by atoms with Gasteiger partial charge in [0.2, 0.25) is 6.79 Å². The Labute approximate surface area is 286 Å². The van der Waals surface area contributed by atoms with E-state index < -0.39 is 77.3 Å². The Balaban J connectivity index is 2.68. The van der Waals surface area contributed by atoms with E-state index in [1.54, 1.807) is 34.8 Å². The van der Waals surface area contributed by atoms with Crippen LogP contribution in [0.5, 0.6) is 0 Å². The Bertz CT molecular complexity index is 1060. The minimum absolute atomic E-state index is 0.167. The van der Waals surface area contributed by atoms with Crippen molar-refractivity contribution in [1.82, 2.24) is 4.90 Å². The second-order valence-electron chi connectivity index (χ2n) is 14.1. The van der Waals surface area contributed by atoms with Crippen molar-refractivity contribution in [3.63, 3.8) is 0 Å². The van der Waals surface area contributed by atoms with E-state index in [0.717, 1.165) is 0 Å². The summed E-state index contributed by atoms with van der Waals surface area (Å²) in [5.41, 5.74) is -2.77. The summed E-state index contributed by atoms with van der Waals surface area (Å²) in [4.78, 5) is 34.9. The first kappa shape index (κ1) is 42.4. The zero-order chi connectivity index (χ0) is 36.6. The molecule has 0 bridgehead atoms. The standard InChI is InChI=1S/C34H62N2O12/c1-13-25-34(8,41)29(39)21(4)26(35-45-18-44-15-14-42-11)19(2)17-33(7,43-12)30(22(5)27(37)23(6)31(40)47-25)48-32-28(38)24(36(9)10)16-20(3)46-32/h19-25,28-30,32,38-39,41H,13-18H2,1-12H3/b35-26-/t19-,20-,21+,22+,23-,24+,25-,28-,29-,30-,32+,33-,34-/m1/s1. The average Bonchev–Trinajstić information content (AvgIpc) is 3.04. The van der Waals surface area contributed by atoms with E-state index in [0.29, 0.717) is 18.7 Å². The van der Waals surface area contributed by atoms with E-state index in [1.165, 1.54) is 21.0 Å². The van der Waals surface area contributed by atoms with Crippen LogP contribution in [-0.4, -0.2) is 140 Å². The van der Waals surface area contributed by atoms with Crippen molar-refractivity contribution < 1.29 is 58.2 Å². The molecule has 0 radical (unpaired) electrons. The van der Waals surface area contributed by atoms with Gasteiger partial charge in [-0.3, -0.25) is 9.59 Å². The van der Waals surface area contributed by atoms with E-state index >= 15 is 0 Å². The van der Waals surface area contributed by atoms with Crippen LogP contribution in [0.15, 0.2) is 5.16 Å². The molecule has 14 heteroatoms. The molecule has 0 aliphatic carbocycles. The fraction of sp³-hybridized carbons (Fsp3) is 0.912. The van der Waals surface area contributed by atoms with Crippen molar-refractivity contribution in [2.75, 3.05) is 48.3 Å². The highest BCUT2D eigenvalue weighted by atomic mass is 16.7. The largest absolute Gasteiger partial charge is 0.459 e. The first-order valence-electron chi connectivity index (χ1n) is 17.0. The Morgan fingerprint density at radius 2 is 1.67 bits per heavy atom. The maximum absolute atomic E-state index is 14.0. The predicted octanol–water partition coefficient (Wildman–Crippen LogP) is 2.15. The van der Waals surface area contributed by atoms with Gasteiger partial charge < -0.3 is 53.5 Å². The minimum atomic E-state index is -1.91. The van der Waals surface area contributed by atoms with Crippen LogP contribution < -0.4 is 0 Å². The molecule has 13 atom stereocenters. The summed E-state index contributed by atoms with van der Waals surface area (Å²) < 4.78 is 35.0. The zero-order valence-electron chi connectivity index (χ0n) is 31.0. The molecule has 14 nitrogen and oxygen atoms in total. The van der Waals surface area contributed by atoms with Gasteiger partial charge in [-0.1, -0.05) is 32.9 Å². The van der Waals surface area contributed by atoms with Crippen LogP contribution in [0.1, 0.15) is 74.7 Å². The van der Waals surface area contributed by atoms with Crippen molar-refractivity contribution in [1.29, 1.82) is 0 Å². The predicted molar refractivity (Wildman–Crippen MR) is 177 cm³/mol. The number of nitrogens with zero attached hydrogens (tertiary/aromatic N) is 2. The highest BCUT2D eigenvalue weighted by Crippen LogP contribution is 2.38. The van der Waals surface area contributed by atoms with Crippen molar-refractivity contribution in [2.24, 2.45) is 28.8 Å². The van der Waals surface area contributed by atoms with Crippen LogP contribution in [0.25, 0.3) is 0 Å². The van der Waals surface area contributed by atoms with Gasteiger partial charge in [0.25, 0.3) is 0 Å². The lowest BCUT2D eigenvalue weighted by molar-refractivity contribution is -0.295. The number of carbonyl (C=O) groups is 2. The zero-order valence-corrected chi connectivity index (χ0v) is 31.0. The molecule has 3 N–H and O–H groups in total. The lowest BCUT2D eigenvalue weighted by atomic mass is 9.74. The Morgan fingerprint density at radius 3 is 2.23 bits per heavy atom. The molecule has 0 aromatic carbocycles. The number of aliphatic hydroxyl groups is 3. The number of cyclic esters (lactones) is 1. The molecular formula is C34H62N2O12. The van der Waals surface area contributed by atoms with Crippen LogP contribution in [0.3, 0.4) is 0 Å². The third kappa shape index (κ3) is 10.2. The monoisotopic (exact) mass is 690 g/mol. The van der Waals surface area contributed by atoms with E-state index in [2.05, 4.69) is 5.16 Å². The topological polar surface area (TPSA) is 175 Å². The summed E-state index contributed by atoms with van der Waals surface area (Å²) in [5, 5.41) is 39.0. The van der Waals surface area contributed by atoms with Gasteiger partial charge in [0.15, 0.2) is 12.1 Å². The van der Waals surface area contributed by atoms with E-state index in [9.17, 15) is 24.9 Å². The van der Waals surface area contributed by atoms with Crippen LogP contribution in [0.2, 0.25) is 0 Å². The van der Waals surface area contributed by atoms with Gasteiger partial charge in [-0.05, 0) is 61.1 Å². The molecule has 0 amide bonds. The highest BCUT2D eigenvalue weighted by molar-refractivity contribution is 6.00. The molecule has 2 aliphatic rings. The number of oxime groups is 1. The van der Waals surface area contributed by atoms with Gasteiger partial charge in [-0.2, -0.15) is 0 Å². The van der Waals surface area contributed by atoms with Gasteiger partial charge in [-0.15, -0.1) is 0 Å². The molecule has 48 heavy (non-hydrogen) atoms. The van der Waals surface area contributed by atoms with Crippen molar-refractivity contribution in [3.05, 3.63) is 0 Å². The van der Waals surface area contributed by atoms with Gasteiger partial charge in [-0.25, -0.2) is 0 Å². The second kappa shape index (κ2) is 18.5. The van der Waals surface area contributed by atoms with Crippen LogP contribution in [0, 0.1) is 23.7 Å². The number of methoxy groups -OCH3 is 2. The lowest BCUT2D eigenvalue weighted by Gasteiger charge is -2.47. The molecule has 2 saturated heterocycles. The molecule has 0 unspecified atom stereocenters. The van der Waals surface area contributed by atoms with E-state index in [4.69, 9.17) is 33.3 Å². The molecule has 280 valence electrons. The number of hydrogen-bond donors (Lipinski definition) is 3. The number of Topliss-reactive ketones (excluding diaryl/α,β-unsaturated/α-hetero) is 1. The van der Waals surface area contributed by atoms with Crippen molar-refractivity contribution in [2.45, 2.75) is 129 Å². The lowest BCUT2D eigenvalue weighted by Crippen LogP contribution is -2.60. The summed E-state index contributed by atoms with van der Waals surface area (Å²) in [6, 6.07) is -0.270. The number of aliphatic hydroxyl groups excluding tert-OH is 2. The number of ketones is 1. The van der Waals surface area contributed by atoms with Crippen LogP contribution >= 0.6 is 0 Å². The van der Waals surface area contributed by atoms with Crippen molar-refractivity contribution >= 4 is 17.5 Å². The fourth-order valence-electron chi connectivity index (χ4n) is 6.96. The SMILES string of the molecule is CC[C@H]1OC(=O)[C@H](C)C(=O)[C@H](C)[C@@H](O[C@@H]2O[C@H](C)C[C@H](N(C)C)[C@H]2O)[C@](C)(OC)C[C@@H](C)/C(=N/OCOCCOC)[C@H](C)[C@@H](O)[C@]1(C)O. The Morgan fingerprint density at radius 1 is 1.02 bits per heavy atom. The van der Waals surface area contributed by atoms with Gasteiger partial charge in [0.1, 0.15) is 23.7 Å². The fourth-order valence-corrected chi connectivity index (χ4v) is 6.96. The number of likely N-dealkylation sites (N-methyl/N-ethyl adjacent to an activating group) is 1.